The first-order chi connectivity index (χ1) is 13.5. The standard InChI is InChI=1S/C20H23F3N2O3S/c1-14-11-15(2)19(13-18(14)28-3)29(26,27)25-9-7-24(8-10-25)17-6-4-5-16(12-17)20(21,22)23/h4-6,11-13H,7-10H2,1-3H3. The molecule has 1 heterocycles. The van der Waals surface area contributed by atoms with E-state index in [0.29, 0.717) is 30.1 Å². The summed E-state index contributed by atoms with van der Waals surface area (Å²) in [4.78, 5) is 1.96. The number of nitrogens with zero attached hydrogens (tertiary/aromatic N) is 2. The van der Waals surface area contributed by atoms with Crippen LogP contribution in [0.4, 0.5) is 18.9 Å². The second kappa shape index (κ2) is 7.87. The molecule has 0 unspecified atom stereocenters. The molecule has 0 N–H and O–H groups in total. The van der Waals surface area contributed by atoms with Crippen molar-refractivity contribution in [3.8, 4) is 5.75 Å². The van der Waals surface area contributed by atoms with Crippen LogP contribution >= 0.6 is 0 Å². The number of hydrogen-bond acceptors (Lipinski definition) is 4. The number of halogens is 3. The molecule has 2 aromatic rings. The Hall–Kier alpha value is -2.26. The average Bonchev–Trinajstić information content (AvgIpc) is 2.67. The van der Waals surface area contributed by atoms with Gasteiger partial charge in [-0.05, 0) is 43.2 Å². The summed E-state index contributed by atoms with van der Waals surface area (Å²) in [7, 11) is -2.24. The van der Waals surface area contributed by atoms with Crippen LogP contribution in [0.15, 0.2) is 41.3 Å². The smallest absolute Gasteiger partial charge is 0.416 e. The van der Waals surface area contributed by atoms with E-state index >= 15 is 0 Å². The van der Waals surface area contributed by atoms with Gasteiger partial charge in [-0.15, -0.1) is 0 Å². The Kier molecular flexibility index (Phi) is 5.82. The van der Waals surface area contributed by atoms with Crippen molar-refractivity contribution in [3.63, 3.8) is 0 Å². The van der Waals surface area contributed by atoms with Crippen LogP contribution in [-0.4, -0.2) is 46.0 Å². The number of anilines is 1. The summed E-state index contributed by atoms with van der Waals surface area (Å²) in [5.74, 6) is 0.497. The van der Waals surface area contributed by atoms with Crippen LogP contribution < -0.4 is 9.64 Å². The molecule has 0 aromatic heterocycles. The van der Waals surface area contributed by atoms with Crippen molar-refractivity contribution < 1.29 is 26.3 Å². The van der Waals surface area contributed by atoms with Gasteiger partial charge < -0.3 is 9.64 Å². The van der Waals surface area contributed by atoms with Crippen molar-refractivity contribution in [2.24, 2.45) is 0 Å². The summed E-state index contributed by atoms with van der Waals surface area (Å²) in [5, 5.41) is 0. The third-order valence-electron chi connectivity index (χ3n) is 5.09. The molecule has 1 aliphatic rings. The topological polar surface area (TPSA) is 49.9 Å². The zero-order chi connectivity index (χ0) is 21.4. The molecule has 158 valence electrons. The van der Waals surface area contributed by atoms with Gasteiger partial charge in [0, 0.05) is 37.9 Å². The minimum Gasteiger partial charge on any atom is -0.496 e. The molecule has 0 saturated carbocycles. The molecule has 0 bridgehead atoms. The first-order valence-corrected chi connectivity index (χ1v) is 10.6. The molecule has 5 nitrogen and oxygen atoms in total. The highest BCUT2D eigenvalue weighted by atomic mass is 32.2. The number of piperazine rings is 1. The predicted octanol–water partition coefficient (Wildman–Crippen LogP) is 3.84. The molecule has 2 aromatic carbocycles. The Labute approximate surface area is 168 Å². The van der Waals surface area contributed by atoms with E-state index in [-0.39, 0.29) is 18.0 Å². The molecule has 1 saturated heterocycles. The summed E-state index contributed by atoms with van der Waals surface area (Å²) in [6.45, 7) is 4.57. The quantitative estimate of drug-likeness (QED) is 0.743. The van der Waals surface area contributed by atoms with Crippen LogP contribution in [-0.2, 0) is 16.2 Å². The fourth-order valence-electron chi connectivity index (χ4n) is 3.52. The molecular formula is C20H23F3N2O3S. The Morgan fingerprint density at radius 3 is 2.21 bits per heavy atom. The van der Waals surface area contributed by atoms with Gasteiger partial charge in [0.15, 0.2) is 0 Å². The van der Waals surface area contributed by atoms with Crippen molar-refractivity contribution in [2.45, 2.75) is 24.9 Å². The summed E-state index contributed by atoms with van der Waals surface area (Å²) < 4.78 is 71.7. The summed E-state index contributed by atoms with van der Waals surface area (Å²) in [6.07, 6.45) is -4.41. The average molecular weight is 428 g/mol. The third-order valence-corrected chi connectivity index (χ3v) is 7.13. The van der Waals surface area contributed by atoms with E-state index in [9.17, 15) is 21.6 Å². The van der Waals surface area contributed by atoms with Crippen LogP contribution in [0.3, 0.4) is 0 Å². The van der Waals surface area contributed by atoms with E-state index in [1.165, 1.54) is 23.5 Å². The number of rotatable bonds is 4. The normalized spacial score (nSPS) is 16.1. The minimum absolute atomic E-state index is 0.187. The van der Waals surface area contributed by atoms with Crippen LogP contribution in [0.1, 0.15) is 16.7 Å². The Morgan fingerprint density at radius 1 is 0.966 bits per heavy atom. The first kappa shape index (κ1) is 21.4. The van der Waals surface area contributed by atoms with Crippen molar-refractivity contribution in [1.82, 2.24) is 4.31 Å². The highest BCUT2D eigenvalue weighted by molar-refractivity contribution is 7.89. The van der Waals surface area contributed by atoms with Gasteiger partial charge in [-0.1, -0.05) is 12.1 Å². The maximum atomic E-state index is 13.1. The molecule has 29 heavy (non-hydrogen) atoms. The van der Waals surface area contributed by atoms with Crippen LogP contribution in [0, 0.1) is 13.8 Å². The molecule has 9 heteroatoms. The number of benzene rings is 2. The fraction of sp³-hybridized carbons (Fsp3) is 0.400. The lowest BCUT2D eigenvalue weighted by molar-refractivity contribution is -0.137. The maximum absolute atomic E-state index is 13.1. The Morgan fingerprint density at radius 2 is 1.62 bits per heavy atom. The number of alkyl halides is 3. The largest absolute Gasteiger partial charge is 0.496 e. The Balaban J connectivity index is 1.79. The van der Waals surface area contributed by atoms with Gasteiger partial charge in [0.2, 0.25) is 10.0 Å². The monoisotopic (exact) mass is 428 g/mol. The minimum atomic E-state index is -4.41. The van der Waals surface area contributed by atoms with Crippen molar-refractivity contribution >= 4 is 15.7 Å². The first-order valence-electron chi connectivity index (χ1n) is 9.11. The molecule has 1 aliphatic heterocycles. The van der Waals surface area contributed by atoms with E-state index in [4.69, 9.17) is 4.74 Å². The van der Waals surface area contributed by atoms with Gasteiger partial charge in [-0.2, -0.15) is 17.5 Å². The molecule has 0 atom stereocenters. The lowest BCUT2D eigenvalue weighted by Gasteiger charge is -2.35. The third kappa shape index (κ3) is 4.35. The van der Waals surface area contributed by atoms with Crippen LogP contribution in [0.25, 0.3) is 0 Å². The lowest BCUT2D eigenvalue weighted by Crippen LogP contribution is -2.48. The van der Waals surface area contributed by atoms with E-state index < -0.39 is 21.8 Å². The second-order valence-corrected chi connectivity index (χ2v) is 8.93. The molecule has 3 rings (SSSR count). The molecule has 1 fully saturated rings. The molecule has 0 aliphatic carbocycles. The molecule has 0 spiro atoms. The number of aryl methyl sites for hydroxylation is 2. The van der Waals surface area contributed by atoms with Gasteiger partial charge in [0.25, 0.3) is 0 Å². The van der Waals surface area contributed by atoms with Crippen molar-refractivity contribution in [3.05, 3.63) is 53.1 Å². The van der Waals surface area contributed by atoms with Gasteiger partial charge in [0.1, 0.15) is 5.75 Å². The number of methoxy groups -OCH3 is 1. The predicted molar refractivity (Wildman–Crippen MR) is 105 cm³/mol. The number of ether oxygens (including phenoxy) is 1. The van der Waals surface area contributed by atoms with Gasteiger partial charge >= 0.3 is 6.18 Å². The van der Waals surface area contributed by atoms with Crippen LogP contribution in [0.2, 0.25) is 0 Å². The van der Waals surface area contributed by atoms with Gasteiger partial charge in [-0.25, -0.2) is 8.42 Å². The van der Waals surface area contributed by atoms with Gasteiger partial charge in [0.05, 0.1) is 17.6 Å². The SMILES string of the molecule is COc1cc(S(=O)(=O)N2CCN(c3cccc(C(F)(F)F)c3)CC2)c(C)cc1C. The van der Waals surface area contributed by atoms with Crippen LogP contribution in [0.5, 0.6) is 5.75 Å². The zero-order valence-electron chi connectivity index (χ0n) is 16.5. The highest BCUT2D eigenvalue weighted by Gasteiger charge is 2.33. The second-order valence-electron chi connectivity index (χ2n) is 7.03. The van der Waals surface area contributed by atoms with E-state index in [1.807, 2.05) is 6.92 Å². The highest BCUT2D eigenvalue weighted by Crippen LogP contribution is 2.33. The van der Waals surface area contributed by atoms with Gasteiger partial charge in [-0.3, -0.25) is 0 Å². The summed E-state index contributed by atoms with van der Waals surface area (Å²) >= 11 is 0. The van der Waals surface area contributed by atoms with Crippen molar-refractivity contribution in [2.75, 3.05) is 38.2 Å². The van der Waals surface area contributed by atoms with E-state index in [2.05, 4.69) is 0 Å². The molecule has 0 amide bonds. The Bertz CT molecular complexity index is 999. The fourth-order valence-corrected chi connectivity index (χ4v) is 5.16. The summed E-state index contributed by atoms with van der Waals surface area (Å²) in [5.41, 5.74) is 1.19. The van der Waals surface area contributed by atoms with E-state index in [0.717, 1.165) is 17.7 Å². The van der Waals surface area contributed by atoms with E-state index in [1.54, 1.807) is 24.0 Å². The zero-order valence-corrected chi connectivity index (χ0v) is 17.3. The molecule has 0 radical (unpaired) electrons. The number of hydrogen-bond donors (Lipinski definition) is 0. The molecular weight excluding hydrogens is 405 g/mol. The summed E-state index contributed by atoms with van der Waals surface area (Å²) in [6, 6.07) is 8.39. The lowest BCUT2D eigenvalue weighted by atomic mass is 10.1. The number of sulfonamides is 1. The maximum Gasteiger partial charge on any atom is 0.416 e. The van der Waals surface area contributed by atoms with Crippen molar-refractivity contribution in [1.29, 1.82) is 0 Å².